The second kappa shape index (κ2) is 7.98. The van der Waals surface area contributed by atoms with E-state index in [-0.39, 0.29) is 0 Å². The van der Waals surface area contributed by atoms with Gasteiger partial charge in [-0.25, -0.2) is 4.79 Å². The van der Waals surface area contributed by atoms with Crippen LogP contribution in [0.1, 0.15) is 12.5 Å². The Labute approximate surface area is 123 Å². The molecule has 0 fully saturated rings. The molecule has 3 N–H and O–H groups in total. The molecule has 0 heterocycles. The Hall–Kier alpha value is -2.44. The van der Waals surface area contributed by atoms with Crippen LogP contribution in [0.5, 0.6) is 11.5 Å². The van der Waals surface area contributed by atoms with Crippen LogP contribution in [-0.2, 0) is 11.2 Å². The van der Waals surface area contributed by atoms with Gasteiger partial charge in [-0.05, 0) is 31.0 Å². The molecule has 1 atom stereocenters. The molecule has 1 rings (SSSR count). The second-order valence-electron chi connectivity index (χ2n) is 4.40. The number of aliphatic carboxylic acids is 1. The lowest BCUT2D eigenvalue weighted by Gasteiger charge is -2.12. The Kier molecular flexibility index (Phi) is 6.32. The molecule has 116 valence electrons. The average molecular weight is 296 g/mol. The minimum Gasteiger partial charge on any atom is -0.493 e. The Morgan fingerprint density at radius 1 is 1.24 bits per heavy atom. The summed E-state index contributed by atoms with van der Waals surface area (Å²) >= 11 is 0. The van der Waals surface area contributed by atoms with E-state index in [1.165, 1.54) is 6.92 Å². The maximum atomic E-state index is 11.4. The van der Waals surface area contributed by atoms with Crippen molar-refractivity contribution in [2.24, 2.45) is 0 Å². The normalized spacial score (nSPS) is 11.4. The number of benzene rings is 1. The molecular weight excluding hydrogens is 276 g/mol. The molecule has 1 aromatic carbocycles. The summed E-state index contributed by atoms with van der Waals surface area (Å²) in [7, 11) is 3.12. The predicted molar refractivity (Wildman–Crippen MR) is 76.9 cm³/mol. The van der Waals surface area contributed by atoms with Gasteiger partial charge in [0.15, 0.2) is 11.5 Å². The minimum absolute atomic E-state index is 0.383. The van der Waals surface area contributed by atoms with Crippen molar-refractivity contribution < 1.29 is 24.2 Å². The van der Waals surface area contributed by atoms with Gasteiger partial charge >= 0.3 is 12.0 Å². The second-order valence-corrected chi connectivity index (χ2v) is 4.40. The highest BCUT2D eigenvalue weighted by molar-refractivity contribution is 5.82. The third-order valence-electron chi connectivity index (χ3n) is 2.87. The SMILES string of the molecule is COc1ccc(CCNC(=O)N[C@H](C)C(=O)O)cc1OC. The summed E-state index contributed by atoms with van der Waals surface area (Å²) in [6.45, 7) is 1.78. The van der Waals surface area contributed by atoms with Crippen molar-refractivity contribution in [3.05, 3.63) is 23.8 Å². The Morgan fingerprint density at radius 2 is 1.90 bits per heavy atom. The average Bonchev–Trinajstić information content (AvgIpc) is 2.46. The van der Waals surface area contributed by atoms with Crippen molar-refractivity contribution in [3.8, 4) is 11.5 Å². The number of carbonyl (C=O) groups is 2. The number of carboxylic acid groups (broad SMARTS) is 1. The van der Waals surface area contributed by atoms with Gasteiger partial charge in [0.25, 0.3) is 0 Å². The van der Waals surface area contributed by atoms with Crippen molar-refractivity contribution in [2.75, 3.05) is 20.8 Å². The van der Waals surface area contributed by atoms with Gasteiger partial charge in [0.05, 0.1) is 14.2 Å². The summed E-state index contributed by atoms with van der Waals surface area (Å²) in [5.41, 5.74) is 0.972. The number of rotatable bonds is 7. The zero-order chi connectivity index (χ0) is 15.8. The number of amides is 2. The molecule has 0 saturated heterocycles. The topological polar surface area (TPSA) is 96.9 Å². The molecule has 0 aliphatic heterocycles. The van der Waals surface area contributed by atoms with Crippen LogP contribution < -0.4 is 20.1 Å². The largest absolute Gasteiger partial charge is 0.493 e. The lowest BCUT2D eigenvalue weighted by molar-refractivity contribution is -0.138. The summed E-state index contributed by atoms with van der Waals surface area (Å²) < 4.78 is 10.3. The zero-order valence-corrected chi connectivity index (χ0v) is 12.3. The summed E-state index contributed by atoms with van der Waals surface area (Å²) in [5, 5.41) is 13.6. The van der Waals surface area contributed by atoms with Crippen LogP contribution in [0, 0.1) is 0 Å². The number of hydrogen-bond acceptors (Lipinski definition) is 4. The predicted octanol–water partition coefficient (Wildman–Crippen LogP) is 1.02. The Morgan fingerprint density at radius 3 is 2.48 bits per heavy atom. The van der Waals surface area contributed by atoms with Gasteiger partial charge in [0, 0.05) is 6.54 Å². The van der Waals surface area contributed by atoms with E-state index in [1.807, 2.05) is 12.1 Å². The summed E-state index contributed by atoms with van der Waals surface area (Å²) in [4.78, 5) is 22.0. The molecule has 2 amide bonds. The molecule has 7 nitrogen and oxygen atoms in total. The van der Waals surface area contributed by atoms with E-state index in [0.717, 1.165) is 5.56 Å². The van der Waals surface area contributed by atoms with Gasteiger partial charge in [-0.3, -0.25) is 4.79 Å². The number of carboxylic acids is 1. The van der Waals surface area contributed by atoms with E-state index in [9.17, 15) is 9.59 Å². The molecule has 0 saturated carbocycles. The number of methoxy groups -OCH3 is 2. The highest BCUT2D eigenvalue weighted by Gasteiger charge is 2.13. The molecular formula is C14H20N2O5. The number of ether oxygens (including phenoxy) is 2. The van der Waals surface area contributed by atoms with Gasteiger partial charge in [0.2, 0.25) is 0 Å². The lowest BCUT2D eigenvalue weighted by Crippen LogP contribution is -2.44. The van der Waals surface area contributed by atoms with Crippen LogP contribution in [0.25, 0.3) is 0 Å². The maximum absolute atomic E-state index is 11.4. The first-order valence-electron chi connectivity index (χ1n) is 6.46. The number of carbonyl (C=O) groups excluding carboxylic acids is 1. The van der Waals surface area contributed by atoms with Crippen LogP contribution >= 0.6 is 0 Å². The minimum atomic E-state index is -1.08. The molecule has 0 bridgehead atoms. The molecule has 7 heteroatoms. The fraction of sp³-hybridized carbons (Fsp3) is 0.429. The first-order valence-corrected chi connectivity index (χ1v) is 6.46. The Balaban J connectivity index is 2.45. The third kappa shape index (κ3) is 5.21. The number of nitrogens with one attached hydrogen (secondary N) is 2. The third-order valence-corrected chi connectivity index (χ3v) is 2.87. The maximum Gasteiger partial charge on any atom is 0.325 e. The van der Waals surface area contributed by atoms with Gasteiger partial charge in [0.1, 0.15) is 6.04 Å². The van der Waals surface area contributed by atoms with Crippen LogP contribution in [0.3, 0.4) is 0 Å². The smallest absolute Gasteiger partial charge is 0.325 e. The standard InChI is InChI=1S/C14H20N2O5/c1-9(13(17)18)16-14(19)15-7-6-10-4-5-11(20-2)12(8-10)21-3/h4-5,8-9H,6-7H2,1-3H3,(H,17,18)(H2,15,16,19)/t9-/m1/s1. The van der Waals surface area contributed by atoms with Crippen molar-refractivity contribution in [1.29, 1.82) is 0 Å². The van der Waals surface area contributed by atoms with E-state index in [1.54, 1.807) is 20.3 Å². The molecule has 0 radical (unpaired) electrons. The lowest BCUT2D eigenvalue weighted by atomic mass is 10.1. The fourth-order valence-corrected chi connectivity index (χ4v) is 1.67. The van der Waals surface area contributed by atoms with Crippen molar-refractivity contribution >= 4 is 12.0 Å². The quantitative estimate of drug-likeness (QED) is 0.698. The molecule has 0 aromatic heterocycles. The van der Waals surface area contributed by atoms with Crippen molar-refractivity contribution in [2.45, 2.75) is 19.4 Å². The number of hydrogen-bond donors (Lipinski definition) is 3. The van der Waals surface area contributed by atoms with E-state index < -0.39 is 18.0 Å². The van der Waals surface area contributed by atoms with Crippen LogP contribution in [0.2, 0.25) is 0 Å². The van der Waals surface area contributed by atoms with Gasteiger partial charge in [-0.2, -0.15) is 0 Å². The molecule has 0 spiro atoms. The van der Waals surface area contributed by atoms with Crippen molar-refractivity contribution in [3.63, 3.8) is 0 Å². The zero-order valence-electron chi connectivity index (χ0n) is 12.3. The number of urea groups is 1. The van der Waals surface area contributed by atoms with E-state index in [0.29, 0.717) is 24.5 Å². The van der Waals surface area contributed by atoms with Crippen LogP contribution in [0.4, 0.5) is 4.79 Å². The first-order chi connectivity index (χ1) is 9.97. The summed E-state index contributed by atoms with van der Waals surface area (Å²) in [6.07, 6.45) is 0.592. The first kappa shape index (κ1) is 16.6. The van der Waals surface area contributed by atoms with Gasteiger partial charge in [-0.1, -0.05) is 6.07 Å². The van der Waals surface area contributed by atoms with E-state index in [4.69, 9.17) is 14.6 Å². The molecule has 21 heavy (non-hydrogen) atoms. The Bertz CT molecular complexity index is 504. The highest BCUT2D eigenvalue weighted by Crippen LogP contribution is 2.27. The fourth-order valence-electron chi connectivity index (χ4n) is 1.67. The van der Waals surface area contributed by atoms with Crippen LogP contribution in [-0.4, -0.2) is 43.9 Å². The molecule has 1 aromatic rings. The molecule has 0 aliphatic carbocycles. The van der Waals surface area contributed by atoms with Crippen LogP contribution in [0.15, 0.2) is 18.2 Å². The van der Waals surface area contributed by atoms with Gasteiger partial charge < -0.3 is 25.2 Å². The molecule has 0 unspecified atom stereocenters. The van der Waals surface area contributed by atoms with Crippen molar-refractivity contribution in [1.82, 2.24) is 10.6 Å². The van der Waals surface area contributed by atoms with E-state index >= 15 is 0 Å². The van der Waals surface area contributed by atoms with E-state index in [2.05, 4.69) is 10.6 Å². The van der Waals surface area contributed by atoms with Gasteiger partial charge in [-0.15, -0.1) is 0 Å². The monoisotopic (exact) mass is 296 g/mol. The highest BCUT2D eigenvalue weighted by atomic mass is 16.5. The summed E-state index contributed by atoms with van der Waals surface area (Å²) in [6, 6.07) is 4.07. The summed E-state index contributed by atoms with van der Waals surface area (Å²) in [5.74, 6) is 0.186. The molecule has 0 aliphatic rings.